The zero-order chi connectivity index (χ0) is 15.5. The van der Waals surface area contributed by atoms with Crippen molar-refractivity contribution >= 4 is 23.6 Å². The number of carboxylic acids is 1. The van der Waals surface area contributed by atoms with Crippen molar-refractivity contribution in [1.29, 1.82) is 5.26 Å². The van der Waals surface area contributed by atoms with Crippen molar-refractivity contribution in [2.45, 2.75) is 30.3 Å². The molecule has 110 valence electrons. The van der Waals surface area contributed by atoms with Gasteiger partial charge in [-0.15, -0.1) is 0 Å². The Morgan fingerprint density at radius 1 is 1.57 bits per heavy atom. The molecule has 0 saturated heterocycles. The van der Waals surface area contributed by atoms with E-state index in [0.717, 1.165) is 12.8 Å². The molecular formula is C14H15N3O3S. The van der Waals surface area contributed by atoms with Gasteiger partial charge in [0.2, 0.25) is 5.91 Å². The molecule has 7 heteroatoms. The first-order valence-electron chi connectivity index (χ1n) is 6.49. The molecule has 2 N–H and O–H groups in total. The van der Waals surface area contributed by atoms with Crippen LogP contribution >= 0.6 is 11.8 Å². The van der Waals surface area contributed by atoms with E-state index in [9.17, 15) is 14.9 Å². The van der Waals surface area contributed by atoms with Gasteiger partial charge in [-0.3, -0.25) is 4.79 Å². The number of carbonyl (C=O) groups is 2. The summed E-state index contributed by atoms with van der Waals surface area (Å²) in [4.78, 5) is 26.6. The fourth-order valence-electron chi connectivity index (χ4n) is 1.94. The lowest BCUT2D eigenvalue weighted by atomic mass is 9.98. The zero-order valence-corrected chi connectivity index (χ0v) is 12.3. The molecular weight excluding hydrogens is 290 g/mol. The van der Waals surface area contributed by atoms with Gasteiger partial charge in [-0.25, -0.2) is 9.78 Å². The summed E-state index contributed by atoms with van der Waals surface area (Å²) in [6.07, 6.45) is 3.19. The first kappa shape index (κ1) is 15.3. The summed E-state index contributed by atoms with van der Waals surface area (Å²) in [6.45, 7) is 1.74. The molecule has 1 atom stereocenters. The monoisotopic (exact) mass is 305 g/mol. The van der Waals surface area contributed by atoms with Crippen LogP contribution in [-0.4, -0.2) is 33.3 Å². The predicted octanol–water partition coefficient (Wildman–Crippen LogP) is 1.68. The highest BCUT2D eigenvalue weighted by Crippen LogP contribution is 2.39. The van der Waals surface area contributed by atoms with Crippen LogP contribution in [-0.2, 0) is 4.79 Å². The average Bonchev–Trinajstić information content (AvgIpc) is 3.30. The number of nitrogens with one attached hydrogen (secondary N) is 1. The molecule has 1 unspecified atom stereocenters. The van der Waals surface area contributed by atoms with Crippen LogP contribution in [0, 0.1) is 17.2 Å². The van der Waals surface area contributed by atoms with Crippen LogP contribution in [0.15, 0.2) is 23.4 Å². The van der Waals surface area contributed by atoms with Gasteiger partial charge < -0.3 is 10.4 Å². The number of rotatable bonds is 6. The highest BCUT2D eigenvalue weighted by atomic mass is 32.2. The lowest BCUT2D eigenvalue weighted by molar-refractivity contribution is -0.119. The van der Waals surface area contributed by atoms with Crippen LogP contribution in [0.3, 0.4) is 0 Å². The predicted molar refractivity (Wildman–Crippen MR) is 76.8 cm³/mol. The molecule has 0 bridgehead atoms. The first-order valence-corrected chi connectivity index (χ1v) is 7.47. The summed E-state index contributed by atoms with van der Waals surface area (Å²) in [5, 5.41) is 21.3. The van der Waals surface area contributed by atoms with Crippen molar-refractivity contribution in [1.82, 2.24) is 10.3 Å². The molecule has 1 aliphatic rings. The second-order valence-corrected chi connectivity index (χ2v) is 6.11. The maximum atomic E-state index is 11.9. The third-order valence-electron chi connectivity index (χ3n) is 3.36. The van der Waals surface area contributed by atoms with E-state index in [1.165, 1.54) is 24.0 Å². The lowest BCUT2D eigenvalue weighted by Gasteiger charge is -2.22. The Bertz CT molecular complexity index is 592. The van der Waals surface area contributed by atoms with Gasteiger partial charge >= 0.3 is 5.97 Å². The smallest absolute Gasteiger partial charge is 0.337 e. The number of carbonyl (C=O) groups excluding carboxylic acids is 1. The van der Waals surface area contributed by atoms with Crippen molar-refractivity contribution in [3.05, 3.63) is 23.9 Å². The quantitative estimate of drug-likeness (QED) is 0.775. The van der Waals surface area contributed by atoms with Crippen LogP contribution in [0.25, 0.3) is 0 Å². The van der Waals surface area contributed by atoms with E-state index in [1.807, 2.05) is 0 Å². The summed E-state index contributed by atoms with van der Waals surface area (Å²) in [5.74, 6) is -0.876. The molecule has 2 rings (SSSR count). The molecule has 1 aliphatic carbocycles. The molecule has 1 saturated carbocycles. The van der Waals surface area contributed by atoms with Gasteiger partial charge in [0.15, 0.2) is 0 Å². The SMILES string of the molecule is CC(C#N)(NC(=O)CSc1ccc(C(=O)O)cn1)C1CC1. The van der Waals surface area contributed by atoms with Gasteiger partial charge in [0.25, 0.3) is 0 Å². The third kappa shape index (κ3) is 3.95. The largest absolute Gasteiger partial charge is 0.478 e. The Balaban J connectivity index is 1.86. The molecule has 0 aliphatic heterocycles. The summed E-state index contributed by atoms with van der Waals surface area (Å²) in [7, 11) is 0. The van der Waals surface area contributed by atoms with Crippen molar-refractivity contribution in [3.8, 4) is 6.07 Å². The molecule has 0 radical (unpaired) electrons. The van der Waals surface area contributed by atoms with Crippen LogP contribution in [0.1, 0.15) is 30.1 Å². The van der Waals surface area contributed by atoms with Crippen LogP contribution in [0.5, 0.6) is 0 Å². The Kier molecular flexibility index (Phi) is 4.48. The van der Waals surface area contributed by atoms with E-state index < -0.39 is 11.5 Å². The summed E-state index contributed by atoms with van der Waals surface area (Å²) < 4.78 is 0. The Hall–Kier alpha value is -2.07. The number of pyridine rings is 1. The number of nitrogens with zero attached hydrogens (tertiary/aromatic N) is 2. The Morgan fingerprint density at radius 2 is 2.29 bits per heavy atom. The van der Waals surface area contributed by atoms with E-state index in [-0.39, 0.29) is 23.1 Å². The normalized spacial score (nSPS) is 16.6. The number of carboxylic acid groups (broad SMARTS) is 1. The lowest BCUT2D eigenvalue weighted by Crippen LogP contribution is -2.47. The highest BCUT2D eigenvalue weighted by molar-refractivity contribution is 7.99. The number of hydrogen-bond donors (Lipinski definition) is 2. The van der Waals surface area contributed by atoms with Crippen molar-refractivity contribution in [2.75, 3.05) is 5.75 Å². The first-order chi connectivity index (χ1) is 9.94. The third-order valence-corrected chi connectivity index (χ3v) is 4.30. The minimum atomic E-state index is -1.04. The van der Waals surface area contributed by atoms with Gasteiger partial charge in [0.05, 0.1) is 22.4 Å². The number of aromatic carboxylic acids is 1. The molecule has 21 heavy (non-hydrogen) atoms. The van der Waals surface area contributed by atoms with E-state index in [2.05, 4.69) is 16.4 Å². The van der Waals surface area contributed by atoms with E-state index >= 15 is 0 Å². The van der Waals surface area contributed by atoms with E-state index in [4.69, 9.17) is 5.11 Å². The number of hydrogen-bond acceptors (Lipinski definition) is 5. The summed E-state index contributed by atoms with van der Waals surface area (Å²) in [6, 6.07) is 5.17. The number of nitriles is 1. The maximum absolute atomic E-state index is 11.9. The molecule has 1 fully saturated rings. The minimum Gasteiger partial charge on any atom is -0.478 e. The Labute approximate surface area is 126 Å². The van der Waals surface area contributed by atoms with Crippen LogP contribution < -0.4 is 5.32 Å². The number of thioether (sulfide) groups is 1. The van der Waals surface area contributed by atoms with Crippen LogP contribution in [0.2, 0.25) is 0 Å². The summed E-state index contributed by atoms with van der Waals surface area (Å²) >= 11 is 1.21. The average molecular weight is 305 g/mol. The van der Waals surface area contributed by atoms with Gasteiger partial charge in [0, 0.05) is 6.20 Å². The molecule has 0 spiro atoms. The number of aromatic nitrogens is 1. The van der Waals surface area contributed by atoms with Crippen LogP contribution in [0.4, 0.5) is 0 Å². The second-order valence-electron chi connectivity index (χ2n) is 5.12. The van der Waals surface area contributed by atoms with E-state index in [1.54, 1.807) is 13.0 Å². The number of amides is 1. The van der Waals surface area contributed by atoms with Crippen molar-refractivity contribution in [3.63, 3.8) is 0 Å². The van der Waals surface area contributed by atoms with E-state index in [0.29, 0.717) is 5.03 Å². The van der Waals surface area contributed by atoms with Gasteiger partial charge in [-0.1, -0.05) is 11.8 Å². The zero-order valence-electron chi connectivity index (χ0n) is 11.5. The standard InChI is InChI=1S/C14H15N3O3S/c1-14(8-15,10-3-4-10)17-11(18)7-21-12-5-2-9(6-16-12)13(19)20/h2,5-6,10H,3-4,7H2,1H3,(H,17,18)(H,19,20). The molecule has 1 amide bonds. The minimum absolute atomic E-state index is 0.106. The molecule has 0 aromatic carbocycles. The maximum Gasteiger partial charge on any atom is 0.337 e. The van der Waals surface area contributed by atoms with Crippen molar-refractivity contribution < 1.29 is 14.7 Å². The Morgan fingerprint density at radius 3 is 2.76 bits per heavy atom. The molecule has 1 aromatic rings. The summed E-state index contributed by atoms with van der Waals surface area (Å²) in [5.41, 5.74) is -0.687. The van der Waals surface area contributed by atoms with Gasteiger partial charge in [0.1, 0.15) is 5.54 Å². The topological polar surface area (TPSA) is 103 Å². The van der Waals surface area contributed by atoms with Gasteiger partial charge in [-0.05, 0) is 37.8 Å². The van der Waals surface area contributed by atoms with Crippen molar-refractivity contribution in [2.24, 2.45) is 5.92 Å². The fourth-order valence-corrected chi connectivity index (χ4v) is 2.58. The molecule has 6 nitrogen and oxygen atoms in total. The fraction of sp³-hybridized carbons (Fsp3) is 0.429. The molecule has 1 heterocycles. The highest BCUT2D eigenvalue weighted by Gasteiger charge is 2.42. The second kappa shape index (κ2) is 6.14. The molecule has 1 aromatic heterocycles. The van der Waals surface area contributed by atoms with Gasteiger partial charge in [-0.2, -0.15) is 5.26 Å².